The predicted molar refractivity (Wildman–Crippen MR) is 92.8 cm³/mol. The van der Waals surface area contributed by atoms with Crippen LogP contribution in [0.15, 0.2) is 30.7 Å². The van der Waals surface area contributed by atoms with Gasteiger partial charge in [-0.2, -0.15) is 5.10 Å². The van der Waals surface area contributed by atoms with Crippen molar-refractivity contribution < 1.29 is 4.79 Å². The predicted octanol–water partition coefficient (Wildman–Crippen LogP) is 2.11. The summed E-state index contributed by atoms with van der Waals surface area (Å²) in [7, 11) is 1.81. The lowest BCUT2D eigenvalue weighted by Crippen LogP contribution is -2.38. The molecule has 3 heterocycles. The summed E-state index contributed by atoms with van der Waals surface area (Å²) in [4.78, 5) is 18.6. The molecule has 2 aromatic heterocycles. The normalized spacial score (nSPS) is 16.2. The number of hydrogen-bond acceptors (Lipinski definition) is 4. The second-order valence-electron chi connectivity index (χ2n) is 6.32. The zero-order chi connectivity index (χ0) is 16.9. The van der Waals surface area contributed by atoms with Crippen molar-refractivity contribution in [2.45, 2.75) is 19.4 Å². The Morgan fingerprint density at radius 1 is 1.33 bits per heavy atom. The Kier molecular flexibility index (Phi) is 5.48. The van der Waals surface area contributed by atoms with Crippen LogP contribution in [-0.4, -0.2) is 45.2 Å². The second kappa shape index (κ2) is 7.77. The zero-order valence-corrected chi connectivity index (χ0v) is 14.5. The first-order chi connectivity index (χ1) is 11.6. The zero-order valence-electron chi connectivity index (χ0n) is 13.8. The number of nitrogens with one attached hydrogen (secondary N) is 1. The third kappa shape index (κ3) is 4.55. The number of nitrogens with zero attached hydrogens (tertiary/aromatic N) is 4. The summed E-state index contributed by atoms with van der Waals surface area (Å²) >= 11 is 5.81. The van der Waals surface area contributed by atoms with Crippen LogP contribution in [0.25, 0.3) is 0 Å². The molecule has 7 heteroatoms. The molecule has 2 aromatic rings. The van der Waals surface area contributed by atoms with Gasteiger partial charge in [0.15, 0.2) is 0 Å². The first-order valence-electron chi connectivity index (χ1n) is 8.20. The van der Waals surface area contributed by atoms with Gasteiger partial charge in [0, 0.05) is 32.5 Å². The molecule has 24 heavy (non-hydrogen) atoms. The van der Waals surface area contributed by atoms with Crippen molar-refractivity contribution in [3.8, 4) is 0 Å². The highest BCUT2D eigenvalue weighted by atomic mass is 35.5. The van der Waals surface area contributed by atoms with E-state index in [2.05, 4.69) is 20.3 Å². The summed E-state index contributed by atoms with van der Waals surface area (Å²) in [5.41, 5.74) is 1.80. The molecule has 6 nitrogen and oxygen atoms in total. The average molecular weight is 348 g/mol. The third-order valence-corrected chi connectivity index (χ3v) is 4.64. The summed E-state index contributed by atoms with van der Waals surface area (Å²) < 4.78 is 1.64. The highest BCUT2D eigenvalue weighted by Crippen LogP contribution is 2.18. The second-order valence-corrected chi connectivity index (χ2v) is 6.71. The van der Waals surface area contributed by atoms with Crippen LogP contribution >= 0.6 is 11.6 Å². The molecule has 0 aliphatic carbocycles. The molecule has 0 aromatic carbocycles. The molecule has 0 spiro atoms. The van der Waals surface area contributed by atoms with Crippen LogP contribution in [0.4, 0.5) is 0 Å². The number of pyridine rings is 1. The molecule has 1 aliphatic heterocycles. The largest absolute Gasteiger partial charge is 0.352 e. The molecular formula is C17H22ClN5O. The highest BCUT2D eigenvalue weighted by molar-refractivity contribution is 6.29. The van der Waals surface area contributed by atoms with Gasteiger partial charge < -0.3 is 5.32 Å². The van der Waals surface area contributed by atoms with E-state index in [9.17, 15) is 4.79 Å². The molecular weight excluding hydrogens is 326 g/mol. The summed E-state index contributed by atoms with van der Waals surface area (Å²) in [6.45, 7) is 3.70. The van der Waals surface area contributed by atoms with E-state index in [-0.39, 0.29) is 5.91 Å². The van der Waals surface area contributed by atoms with Crippen LogP contribution < -0.4 is 5.32 Å². The van der Waals surface area contributed by atoms with Crippen LogP contribution in [0.5, 0.6) is 0 Å². The van der Waals surface area contributed by atoms with Crippen molar-refractivity contribution in [1.29, 1.82) is 0 Å². The minimum absolute atomic E-state index is 0.0437. The quantitative estimate of drug-likeness (QED) is 0.841. The molecule has 1 amide bonds. The fourth-order valence-corrected chi connectivity index (χ4v) is 3.10. The minimum Gasteiger partial charge on any atom is -0.352 e. The topological polar surface area (TPSA) is 63.1 Å². The standard InChI is InChI=1S/C17H22ClN5O/c1-22-12-15(10-21-22)17(24)20-8-13-4-6-23(7-5-13)11-14-2-3-16(18)19-9-14/h2-3,9-10,12-13H,4-8,11H2,1H3,(H,20,24). The van der Waals surface area contributed by atoms with Crippen molar-refractivity contribution in [2.24, 2.45) is 13.0 Å². The van der Waals surface area contributed by atoms with Crippen molar-refractivity contribution in [2.75, 3.05) is 19.6 Å². The van der Waals surface area contributed by atoms with Gasteiger partial charge in [-0.1, -0.05) is 17.7 Å². The SMILES string of the molecule is Cn1cc(C(=O)NCC2CCN(Cc3ccc(Cl)nc3)CC2)cn1. The van der Waals surface area contributed by atoms with Gasteiger partial charge in [0.2, 0.25) is 0 Å². The number of rotatable bonds is 5. The van der Waals surface area contributed by atoms with E-state index in [4.69, 9.17) is 11.6 Å². The lowest BCUT2D eigenvalue weighted by molar-refractivity contribution is 0.0935. The molecule has 1 fully saturated rings. The van der Waals surface area contributed by atoms with Crippen molar-refractivity contribution >= 4 is 17.5 Å². The Morgan fingerprint density at radius 2 is 2.12 bits per heavy atom. The average Bonchev–Trinajstić information content (AvgIpc) is 3.03. The van der Waals surface area contributed by atoms with Crippen LogP contribution in [0, 0.1) is 5.92 Å². The van der Waals surface area contributed by atoms with Gasteiger partial charge in [-0.25, -0.2) is 4.98 Å². The molecule has 1 saturated heterocycles. The van der Waals surface area contributed by atoms with Crippen LogP contribution in [0.2, 0.25) is 5.15 Å². The number of carbonyl (C=O) groups excluding carboxylic acids is 1. The van der Waals surface area contributed by atoms with Gasteiger partial charge in [0.25, 0.3) is 5.91 Å². The summed E-state index contributed by atoms with van der Waals surface area (Å²) in [5.74, 6) is 0.489. The first kappa shape index (κ1) is 16.9. The van der Waals surface area contributed by atoms with Crippen LogP contribution in [0.1, 0.15) is 28.8 Å². The van der Waals surface area contributed by atoms with Gasteiger partial charge >= 0.3 is 0 Å². The Labute approximate surface area is 146 Å². The molecule has 1 aliphatic rings. The summed E-state index contributed by atoms with van der Waals surface area (Å²) in [6, 6.07) is 3.85. The number of hydrogen-bond donors (Lipinski definition) is 1. The molecule has 1 N–H and O–H groups in total. The van der Waals surface area contributed by atoms with Gasteiger partial charge in [-0.3, -0.25) is 14.4 Å². The molecule has 128 valence electrons. The number of amides is 1. The number of aryl methyl sites for hydroxylation is 1. The maximum atomic E-state index is 12.0. The van der Waals surface area contributed by atoms with Gasteiger partial charge in [-0.05, 0) is 43.5 Å². The summed E-state index contributed by atoms with van der Waals surface area (Å²) in [5, 5.41) is 7.57. The smallest absolute Gasteiger partial charge is 0.254 e. The Bertz CT molecular complexity index is 677. The maximum Gasteiger partial charge on any atom is 0.254 e. The molecule has 3 rings (SSSR count). The fraction of sp³-hybridized carbons (Fsp3) is 0.471. The van der Waals surface area contributed by atoms with E-state index in [0.29, 0.717) is 16.6 Å². The number of piperidine rings is 1. The molecule has 0 atom stereocenters. The number of halogens is 1. The minimum atomic E-state index is -0.0437. The highest BCUT2D eigenvalue weighted by Gasteiger charge is 2.20. The van der Waals surface area contributed by atoms with E-state index in [1.165, 1.54) is 5.56 Å². The van der Waals surface area contributed by atoms with Crippen LogP contribution in [-0.2, 0) is 13.6 Å². The Morgan fingerprint density at radius 3 is 2.75 bits per heavy atom. The van der Waals surface area contributed by atoms with Gasteiger partial charge in [0.05, 0.1) is 11.8 Å². The molecule has 0 saturated carbocycles. The molecule has 0 bridgehead atoms. The van der Waals surface area contributed by atoms with E-state index >= 15 is 0 Å². The lowest BCUT2D eigenvalue weighted by Gasteiger charge is -2.31. The van der Waals surface area contributed by atoms with Crippen molar-refractivity contribution in [3.63, 3.8) is 0 Å². The third-order valence-electron chi connectivity index (χ3n) is 4.42. The van der Waals surface area contributed by atoms with Crippen molar-refractivity contribution in [1.82, 2.24) is 25.0 Å². The van der Waals surface area contributed by atoms with Gasteiger partial charge in [0.1, 0.15) is 5.15 Å². The maximum absolute atomic E-state index is 12.0. The van der Waals surface area contributed by atoms with Gasteiger partial charge in [-0.15, -0.1) is 0 Å². The number of carbonyl (C=O) groups is 1. The van der Waals surface area contributed by atoms with E-state index in [0.717, 1.165) is 39.0 Å². The van der Waals surface area contributed by atoms with E-state index in [1.54, 1.807) is 17.1 Å². The monoisotopic (exact) mass is 347 g/mol. The first-order valence-corrected chi connectivity index (χ1v) is 8.57. The number of likely N-dealkylation sites (tertiary alicyclic amines) is 1. The number of aromatic nitrogens is 3. The lowest BCUT2D eigenvalue weighted by atomic mass is 9.96. The molecule has 0 radical (unpaired) electrons. The van der Waals surface area contributed by atoms with Crippen LogP contribution in [0.3, 0.4) is 0 Å². The van der Waals surface area contributed by atoms with Crippen molar-refractivity contribution in [3.05, 3.63) is 47.0 Å². The van der Waals surface area contributed by atoms with E-state index in [1.807, 2.05) is 25.4 Å². The Hall–Kier alpha value is -1.92. The fourth-order valence-electron chi connectivity index (χ4n) is 2.98. The Balaban J connectivity index is 1.40. The molecule has 0 unspecified atom stereocenters. The van der Waals surface area contributed by atoms with E-state index < -0.39 is 0 Å². The summed E-state index contributed by atoms with van der Waals surface area (Å²) in [6.07, 6.45) is 7.35.